The van der Waals surface area contributed by atoms with E-state index in [-0.39, 0.29) is 6.04 Å². The smallest absolute Gasteiger partial charge is 0.0623 e. The van der Waals surface area contributed by atoms with Gasteiger partial charge in [0.25, 0.3) is 0 Å². The van der Waals surface area contributed by atoms with Crippen molar-refractivity contribution in [2.24, 2.45) is 5.84 Å². The van der Waals surface area contributed by atoms with Gasteiger partial charge < -0.3 is 0 Å². The fourth-order valence-corrected chi connectivity index (χ4v) is 3.77. The summed E-state index contributed by atoms with van der Waals surface area (Å²) in [6, 6.07) is 6.12. The first-order valence-corrected chi connectivity index (χ1v) is 7.73. The number of benzene rings is 1. The predicted octanol–water partition coefficient (Wildman–Crippen LogP) is 2.55. The van der Waals surface area contributed by atoms with Crippen molar-refractivity contribution in [3.8, 4) is 0 Å². The van der Waals surface area contributed by atoms with Crippen molar-refractivity contribution in [3.63, 3.8) is 0 Å². The highest BCUT2D eigenvalue weighted by Gasteiger charge is 2.28. The molecule has 0 radical (unpaired) electrons. The van der Waals surface area contributed by atoms with E-state index in [2.05, 4.69) is 17.4 Å². The van der Waals surface area contributed by atoms with Gasteiger partial charge in [-0.15, -0.1) is 0 Å². The molecule has 1 fully saturated rings. The number of likely N-dealkylation sites (N-methyl/N-ethyl adjacent to an activating group) is 1. The van der Waals surface area contributed by atoms with E-state index in [0.29, 0.717) is 16.1 Å². The van der Waals surface area contributed by atoms with E-state index < -0.39 is 0 Å². The second-order valence-corrected chi connectivity index (χ2v) is 6.40. The van der Waals surface area contributed by atoms with Crippen LogP contribution in [0.2, 0.25) is 10.0 Å². The molecule has 0 saturated carbocycles. The third kappa shape index (κ3) is 3.13. The van der Waals surface area contributed by atoms with Gasteiger partial charge in [0.05, 0.1) is 16.1 Å². The van der Waals surface area contributed by atoms with E-state index in [9.17, 15) is 0 Å². The minimum atomic E-state index is 0.0672. The Morgan fingerprint density at radius 3 is 2.83 bits per heavy atom. The molecule has 0 bridgehead atoms. The lowest BCUT2D eigenvalue weighted by atomic mass is 10.00. The molecule has 1 aliphatic heterocycles. The zero-order valence-corrected chi connectivity index (χ0v) is 12.5. The fourth-order valence-electron chi connectivity index (χ4n) is 2.19. The zero-order valence-electron chi connectivity index (χ0n) is 10.2. The van der Waals surface area contributed by atoms with Crippen molar-refractivity contribution in [2.45, 2.75) is 12.1 Å². The molecule has 18 heavy (non-hydrogen) atoms. The lowest BCUT2D eigenvalue weighted by Gasteiger charge is -2.37. The van der Waals surface area contributed by atoms with Crippen molar-refractivity contribution in [2.75, 3.05) is 25.1 Å². The number of thioether (sulfide) groups is 1. The Morgan fingerprint density at radius 1 is 1.44 bits per heavy atom. The van der Waals surface area contributed by atoms with Crippen LogP contribution < -0.4 is 11.3 Å². The molecule has 0 aromatic heterocycles. The molecule has 1 heterocycles. The summed E-state index contributed by atoms with van der Waals surface area (Å²) >= 11 is 14.0. The van der Waals surface area contributed by atoms with Gasteiger partial charge in [0.2, 0.25) is 0 Å². The molecule has 2 atom stereocenters. The third-order valence-corrected chi connectivity index (χ3v) is 5.10. The molecule has 1 saturated heterocycles. The quantitative estimate of drug-likeness (QED) is 0.665. The van der Waals surface area contributed by atoms with Gasteiger partial charge in [-0.1, -0.05) is 29.3 Å². The van der Waals surface area contributed by atoms with E-state index in [1.165, 1.54) is 5.75 Å². The minimum absolute atomic E-state index is 0.0672. The molecule has 1 aliphatic rings. The Labute approximate surface area is 122 Å². The number of hydrogen-bond donors (Lipinski definition) is 2. The van der Waals surface area contributed by atoms with E-state index in [4.69, 9.17) is 29.0 Å². The molecule has 0 aliphatic carbocycles. The van der Waals surface area contributed by atoms with Gasteiger partial charge in [-0.2, -0.15) is 11.8 Å². The normalized spacial score (nSPS) is 23.0. The van der Waals surface area contributed by atoms with Gasteiger partial charge >= 0.3 is 0 Å². The SMILES string of the molecule is CN1CCSCC1C(NN)c1ccc(Cl)c(Cl)c1. The first-order valence-electron chi connectivity index (χ1n) is 5.82. The standard InChI is InChI=1S/C12H17Cl2N3S/c1-17-4-5-18-7-11(17)12(16-15)8-2-3-9(13)10(14)6-8/h2-3,6,11-12,16H,4-5,7,15H2,1H3. The number of rotatable bonds is 3. The lowest BCUT2D eigenvalue weighted by molar-refractivity contribution is 0.216. The molecule has 3 nitrogen and oxygen atoms in total. The van der Waals surface area contributed by atoms with E-state index in [1.807, 2.05) is 30.0 Å². The second kappa shape index (κ2) is 6.46. The maximum atomic E-state index is 6.07. The van der Waals surface area contributed by atoms with Crippen LogP contribution in [0.15, 0.2) is 18.2 Å². The summed E-state index contributed by atoms with van der Waals surface area (Å²) in [5.41, 5.74) is 3.98. The third-order valence-electron chi connectivity index (χ3n) is 3.31. The summed E-state index contributed by atoms with van der Waals surface area (Å²) in [7, 11) is 2.13. The highest BCUT2D eigenvalue weighted by molar-refractivity contribution is 7.99. The predicted molar refractivity (Wildman–Crippen MR) is 80.3 cm³/mol. The maximum Gasteiger partial charge on any atom is 0.0623 e. The summed E-state index contributed by atoms with van der Waals surface area (Å²) in [5.74, 6) is 7.96. The van der Waals surface area contributed by atoms with Gasteiger partial charge in [0.15, 0.2) is 0 Å². The van der Waals surface area contributed by atoms with Gasteiger partial charge in [-0.25, -0.2) is 0 Å². The average Bonchev–Trinajstić information content (AvgIpc) is 2.37. The Bertz CT molecular complexity index is 416. The molecule has 3 N–H and O–H groups in total. The van der Waals surface area contributed by atoms with Crippen LogP contribution in [0, 0.1) is 0 Å². The fraction of sp³-hybridized carbons (Fsp3) is 0.500. The summed E-state index contributed by atoms with van der Waals surface area (Å²) in [5, 5.41) is 1.14. The number of halogens is 2. The van der Waals surface area contributed by atoms with Crippen molar-refractivity contribution in [1.29, 1.82) is 0 Å². The number of nitrogens with zero attached hydrogens (tertiary/aromatic N) is 1. The Hall–Kier alpha value is 0.0300. The lowest BCUT2D eigenvalue weighted by Crippen LogP contribution is -2.49. The molecular formula is C12H17Cl2N3S. The largest absolute Gasteiger partial charge is 0.300 e. The highest BCUT2D eigenvalue weighted by Crippen LogP contribution is 2.30. The van der Waals surface area contributed by atoms with Crippen molar-refractivity contribution >= 4 is 35.0 Å². The Morgan fingerprint density at radius 2 is 2.22 bits per heavy atom. The average molecular weight is 306 g/mol. The highest BCUT2D eigenvalue weighted by atomic mass is 35.5. The molecule has 0 amide bonds. The van der Waals surface area contributed by atoms with Gasteiger partial charge in [0, 0.05) is 24.1 Å². The second-order valence-electron chi connectivity index (χ2n) is 4.44. The van der Waals surface area contributed by atoms with Crippen LogP contribution in [0.25, 0.3) is 0 Å². The van der Waals surface area contributed by atoms with Gasteiger partial charge in [0.1, 0.15) is 0 Å². The summed E-state index contributed by atoms with van der Waals surface area (Å²) < 4.78 is 0. The summed E-state index contributed by atoms with van der Waals surface area (Å²) in [6.07, 6.45) is 0. The van der Waals surface area contributed by atoms with Crippen molar-refractivity contribution in [3.05, 3.63) is 33.8 Å². The molecule has 2 unspecified atom stereocenters. The Balaban J connectivity index is 2.23. The first-order chi connectivity index (χ1) is 8.63. The Kier molecular flexibility index (Phi) is 5.18. The summed E-state index contributed by atoms with van der Waals surface area (Å²) in [6.45, 7) is 1.08. The van der Waals surface area contributed by atoms with E-state index in [1.54, 1.807) is 0 Å². The van der Waals surface area contributed by atoms with Crippen LogP contribution >= 0.6 is 35.0 Å². The number of hydrazine groups is 1. The van der Waals surface area contributed by atoms with Crippen LogP contribution in [-0.4, -0.2) is 36.0 Å². The monoisotopic (exact) mass is 305 g/mol. The molecule has 6 heteroatoms. The van der Waals surface area contributed by atoms with Gasteiger partial charge in [-0.05, 0) is 24.7 Å². The van der Waals surface area contributed by atoms with E-state index >= 15 is 0 Å². The molecule has 100 valence electrons. The summed E-state index contributed by atoms with van der Waals surface area (Å²) in [4.78, 5) is 2.34. The zero-order chi connectivity index (χ0) is 13.1. The van der Waals surface area contributed by atoms with Crippen LogP contribution in [-0.2, 0) is 0 Å². The topological polar surface area (TPSA) is 41.3 Å². The van der Waals surface area contributed by atoms with Crippen LogP contribution in [0.4, 0.5) is 0 Å². The minimum Gasteiger partial charge on any atom is -0.300 e. The molecule has 0 spiro atoms. The number of hydrogen-bond acceptors (Lipinski definition) is 4. The van der Waals surface area contributed by atoms with Crippen molar-refractivity contribution < 1.29 is 0 Å². The maximum absolute atomic E-state index is 6.07. The van der Waals surface area contributed by atoms with Crippen LogP contribution in [0.5, 0.6) is 0 Å². The van der Waals surface area contributed by atoms with Crippen LogP contribution in [0.1, 0.15) is 11.6 Å². The molecule has 1 aromatic rings. The first kappa shape index (κ1) is 14.4. The number of nitrogens with two attached hydrogens (primary N) is 1. The van der Waals surface area contributed by atoms with Crippen molar-refractivity contribution in [1.82, 2.24) is 10.3 Å². The molecule has 2 rings (SSSR count). The van der Waals surface area contributed by atoms with E-state index in [0.717, 1.165) is 17.9 Å². The van der Waals surface area contributed by atoms with Gasteiger partial charge in [-0.3, -0.25) is 16.2 Å². The molecule has 1 aromatic carbocycles. The molecular weight excluding hydrogens is 289 g/mol. The van der Waals surface area contributed by atoms with Crippen LogP contribution in [0.3, 0.4) is 0 Å². The number of nitrogens with one attached hydrogen (secondary N) is 1.